The minimum atomic E-state index is -3.39. The quantitative estimate of drug-likeness (QED) is 0.681. The minimum absolute atomic E-state index is 0.0715. The summed E-state index contributed by atoms with van der Waals surface area (Å²) in [7, 11) is -3.39. The molecule has 1 unspecified atom stereocenters. The summed E-state index contributed by atoms with van der Waals surface area (Å²) in [6.45, 7) is 3.30. The van der Waals surface area contributed by atoms with Gasteiger partial charge in [0, 0.05) is 31.1 Å². The molecule has 2 aliphatic rings. The molecule has 2 fully saturated rings. The molecular weight excluding hydrogens is 376 g/mol. The second kappa shape index (κ2) is 9.18. The highest BCUT2D eigenvalue weighted by Crippen LogP contribution is 2.27. The fourth-order valence-corrected chi connectivity index (χ4v) is 6.01. The molecule has 1 amide bonds. The van der Waals surface area contributed by atoms with Gasteiger partial charge in [-0.1, -0.05) is 43.7 Å². The van der Waals surface area contributed by atoms with E-state index in [1.807, 2.05) is 37.3 Å². The maximum absolute atomic E-state index is 13.1. The number of nitrogens with zero attached hydrogens (tertiary/aromatic N) is 2. The lowest BCUT2D eigenvalue weighted by atomic mass is 9.88. The third-order valence-electron chi connectivity index (χ3n) is 5.79. The van der Waals surface area contributed by atoms with Crippen LogP contribution in [0.5, 0.6) is 0 Å². The van der Waals surface area contributed by atoms with Gasteiger partial charge in [-0.25, -0.2) is 8.42 Å². The van der Waals surface area contributed by atoms with Crippen LogP contribution in [0.1, 0.15) is 55.8 Å². The van der Waals surface area contributed by atoms with Gasteiger partial charge in [0.2, 0.25) is 15.9 Å². The van der Waals surface area contributed by atoms with Crippen molar-refractivity contribution >= 4 is 21.7 Å². The number of ketones is 1. The minimum Gasteiger partial charge on any atom is -0.341 e. The second-order valence-electron chi connectivity index (χ2n) is 7.77. The van der Waals surface area contributed by atoms with E-state index in [2.05, 4.69) is 0 Å². The molecule has 0 radical (unpaired) electrons. The van der Waals surface area contributed by atoms with Gasteiger partial charge in [0.1, 0.15) is 6.04 Å². The van der Waals surface area contributed by atoms with Crippen LogP contribution in [-0.4, -0.2) is 60.7 Å². The summed E-state index contributed by atoms with van der Waals surface area (Å²) < 4.78 is 26.6. The maximum Gasteiger partial charge on any atom is 0.241 e. The van der Waals surface area contributed by atoms with E-state index in [-0.39, 0.29) is 23.4 Å². The molecule has 2 aliphatic heterocycles. The molecule has 1 aromatic rings. The van der Waals surface area contributed by atoms with Crippen molar-refractivity contribution in [1.29, 1.82) is 0 Å². The molecule has 0 saturated carbocycles. The SMILES string of the molecule is CCCS(=O)(=O)N1CCCCC1C(=O)N1CCC(C(=O)c2ccccc2)CC1. The molecule has 7 heteroatoms. The van der Waals surface area contributed by atoms with Gasteiger partial charge < -0.3 is 4.90 Å². The lowest BCUT2D eigenvalue weighted by Gasteiger charge is -2.39. The molecule has 2 saturated heterocycles. The molecule has 6 nitrogen and oxygen atoms in total. The average Bonchev–Trinajstić information content (AvgIpc) is 2.73. The Kier molecular flexibility index (Phi) is 6.88. The van der Waals surface area contributed by atoms with Gasteiger partial charge in [0.05, 0.1) is 5.75 Å². The average molecular weight is 407 g/mol. The summed E-state index contributed by atoms with van der Waals surface area (Å²) in [5.41, 5.74) is 0.719. The topological polar surface area (TPSA) is 74.8 Å². The predicted octanol–water partition coefficient (Wildman–Crippen LogP) is 2.70. The zero-order chi connectivity index (χ0) is 20.1. The number of benzene rings is 1. The molecule has 154 valence electrons. The third-order valence-corrected chi connectivity index (χ3v) is 7.87. The molecule has 0 aliphatic carbocycles. The number of carbonyl (C=O) groups is 2. The number of hydrogen-bond donors (Lipinski definition) is 0. The van der Waals surface area contributed by atoms with Gasteiger partial charge >= 0.3 is 0 Å². The normalized spacial score (nSPS) is 22.2. The van der Waals surface area contributed by atoms with Crippen LogP contribution < -0.4 is 0 Å². The predicted molar refractivity (Wildman–Crippen MR) is 108 cm³/mol. The third kappa shape index (κ3) is 4.63. The van der Waals surface area contributed by atoms with Crippen molar-refractivity contribution in [2.24, 2.45) is 5.92 Å². The molecule has 0 bridgehead atoms. The first-order valence-electron chi connectivity index (χ1n) is 10.3. The van der Waals surface area contributed by atoms with Crippen LogP contribution in [0.4, 0.5) is 0 Å². The van der Waals surface area contributed by atoms with Crippen molar-refractivity contribution < 1.29 is 18.0 Å². The Morgan fingerprint density at radius 2 is 1.68 bits per heavy atom. The number of hydrogen-bond acceptors (Lipinski definition) is 4. The first kappa shape index (κ1) is 21.0. The van der Waals surface area contributed by atoms with E-state index in [0.29, 0.717) is 45.3 Å². The van der Waals surface area contributed by atoms with E-state index >= 15 is 0 Å². The molecule has 0 aromatic heterocycles. The molecule has 0 spiro atoms. The van der Waals surface area contributed by atoms with Crippen LogP contribution in [-0.2, 0) is 14.8 Å². The summed E-state index contributed by atoms with van der Waals surface area (Å²) in [5.74, 6) is 0.0602. The van der Waals surface area contributed by atoms with Crippen LogP contribution in [0, 0.1) is 5.92 Å². The number of likely N-dealkylation sites (tertiary alicyclic amines) is 1. The summed E-state index contributed by atoms with van der Waals surface area (Å²) in [6, 6.07) is 8.70. The van der Waals surface area contributed by atoms with Crippen molar-refractivity contribution in [2.75, 3.05) is 25.4 Å². The van der Waals surface area contributed by atoms with Crippen LogP contribution in [0.25, 0.3) is 0 Å². The monoisotopic (exact) mass is 406 g/mol. The van der Waals surface area contributed by atoms with Gasteiger partial charge in [-0.2, -0.15) is 4.31 Å². The van der Waals surface area contributed by atoms with Crippen molar-refractivity contribution in [3.8, 4) is 0 Å². The van der Waals surface area contributed by atoms with Crippen LogP contribution in [0.15, 0.2) is 30.3 Å². The highest BCUT2D eigenvalue weighted by molar-refractivity contribution is 7.89. The highest BCUT2D eigenvalue weighted by Gasteiger charge is 2.39. The van der Waals surface area contributed by atoms with E-state index in [9.17, 15) is 18.0 Å². The number of piperidine rings is 2. The van der Waals surface area contributed by atoms with Crippen LogP contribution in [0.2, 0.25) is 0 Å². The van der Waals surface area contributed by atoms with Gasteiger partial charge in [-0.3, -0.25) is 9.59 Å². The van der Waals surface area contributed by atoms with E-state index in [0.717, 1.165) is 18.4 Å². The highest BCUT2D eigenvalue weighted by atomic mass is 32.2. The lowest BCUT2D eigenvalue weighted by Crippen LogP contribution is -2.54. The Morgan fingerprint density at radius 1 is 1.00 bits per heavy atom. The molecule has 28 heavy (non-hydrogen) atoms. The Balaban J connectivity index is 1.63. The second-order valence-corrected chi connectivity index (χ2v) is 9.81. The van der Waals surface area contributed by atoms with E-state index in [4.69, 9.17) is 0 Å². The first-order valence-corrected chi connectivity index (χ1v) is 11.9. The van der Waals surface area contributed by atoms with Crippen LogP contribution >= 0.6 is 0 Å². The number of carbonyl (C=O) groups excluding carboxylic acids is 2. The van der Waals surface area contributed by atoms with Crippen molar-refractivity contribution in [3.05, 3.63) is 35.9 Å². The van der Waals surface area contributed by atoms with E-state index in [1.54, 1.807) is 4.90 Å². The standard InChI is InChI=1S/C21H30N2O4S/c1-2-16-28(26,27)23-13-7-6-10-19(23)21(25)22-14-11-18(12-15-22)20(24)17-8-4-3-5-9-17/h3-5,8-9,18-19H,2,6-7,10-16H2,1H3. The Hall–Kier alpha value is -1.73. The number of Topliss-reactive ketones (excluding diaryl/α,β-unsaturated/α-hetero) is 1. The lowest BCUT2D eigenvalue weighted by molar-refractivity contribution is -0.137. The van der Waals surface area contributed by atoms with Gasteiger partial charge in [0.25, 0.3) is 0 Å². The van der Waals surface area contributed by atoms with Gasteiger partial charge in [-0.15, -0.1) is 0 Å². The largest absolute Gasteiger partial charge is 0.341 e. The van der Waals surface area contributed by atoms with Gasteiger partial charge in [0.15, 0.2) is 5.78 Å². The maximum atomic E-state index is 13.1. The van der Waals surface area contributed by atoms with Gasteiger partial charge in [-0.05, 0) is 32.1 Å². The fraction of sp³-hybridized carbons (Fsp3) is 0.619. The number of amides is 1. The number of sulfonamides is 1. The molecular formula is C21H30N2O4S. The zero-order valence-corrected chi connectivity index (χ0v) is 17.4. The molecule has 2 heterocycles. The van der Waals surface area contributed by atoms with E-state index < -0.39 is 16.1 Å². The Morgan fingerprint density at radius 3 is 2.32 bits per heavy atom. The molecule has 1 aromatic carbocycles. The zero-order valence-electron chi connectivity index (χ0n) is 16.5. The summed E-state index contributed by atoms with van der Waals surface area (Å²) in [5, 5.41) is 0. The summed E-state index contributed by atoms with van der Waals surface area (Å²) in [6.07, 6.45) is 4.08. The number of rotatable bonds is 6. The Bertz CT molecular complexity index is 786. The first-order chi connectivity index (χ1) is 13.4. The van der Waals surface area contributed by atoms with E-state index in [1.165, 1.54) is 4.31 Å². The molecule has 1 atom stereocenters. The summed E-state index contributed by atoms with van der Waals surface area (Å²) in [4.78, 5) is 27.5. The smallest absolute Gasteiger partial charge is 0.241 e. The van der Waals surface area contributed by atoms with Crippen LogP contribution in [0.3, 0.4) is 0 Å². The van der Waals surface area contributed by atoms with Crippen molar-refractivity contribution in [2.45, 2.75) is 51.5 Å². The fourth-order valence-electron chi connectivity index (χ4n) is 4.27. The van der Waals surface area contributed by atoms with Crippen molar-refractivity contribution in [1.82, 2.24) is 9.21 Å². The summed E-state index contributed by atoms with van der Waals surface area (Å²) >= 11 is 0. The molecule has 3 rings (SSSR count). The molecule has 0 N–H and O–H groups in total. The Labute approximate surface area is 167 Å². The van der Waals surface area contributed by atoms with Crippen molar-refractivity contribution in [3.63, 3.8) is 0 Å².